The molecule has 122 valence electrons. The normalized spacial score (nSPS) is 11.2. The first-order valence-corrected chi connectivity index (χ1v) is 7.96. The smallest absolute Gasteiger partial charge is 0.303 e. The van der Waals surface area contributed by atoms with Gasteiger partial charge in [0.2, 0.25) is 5.91 Å². The number of hydrogen-bond acceptors (Lipinski definition) is 2. The number of carboxylic acids is 1. The van der Waals surface area contributed by atoms with E-state index in [-0.39, 0.29) is 17.7 Å². The van der Waals surface area contributed by atoms with E-state index in [9.17, 15) is 9.59 Å². The third kappa shape index (κ3) is 7.25. The molecule has 0 atom stereocenters. The van der Waals surface area contributed by atoms with Crippen LogP contribution in [-0.2, 0) is 16.0 Å². The molecule has 1 aromatic rings. The highest BCUT2D eigenvalue weighted by atomic mass is 16.4. The van der Waals surface area contributed by atoms with Gasteiger partial charge in [-0.15, -0.1) is 0 Å². The van der Waals surface area contributed by atoms with Crippen molar-refractivity contribution in [3.05, 3.63) is 35.9 Å². The van der Waals surface area contributed by atoms with Crippen LogP contribution in [0.2, 0.25) is 0 Å². The van der Waals surface area contributed by atoms with Gasteiger partial charge in [-0.25, -0.2) is 0 Å². The maximum absolute atomic E-state index is 12.2. The van der Waals surface area contributed by atoms with E-state index in [2.05, 4.69) is 17.4 Å². The van der Waals surface area contributed by atoms with Crippen LogP contribution in [0.4, 0.5) is 0 Å². The van der Waals surface area contributed by atoms with Crippen LogP contribution in [0.5, 0.6) is 0 Å². The number of benzene rings is 1. The minimum absolute atomic E-state index is 0.0517. The summed E-state index contributed by atoms with van der Waals surface area (Å²) in [4.78, 5) is 22.6. The van der Waals surface area contributed by atoms with Crippen molar-refractivity contribution in [1.82, 2.24) is 5.32 Å². The Morgan fingerprint density at radius 1 is 1.09 bits per heavy atom. The number of nitrogens with one attached hydrogen (secondary N) is 1. The number of aryl methyl sites for hydroxylation is 1. The van der Waals surface area contributed by atoms with E-state index in [4.69, 9.17) is 5.11 Å². The number of carboxylic acid groups (broad SMARTS) is 1. The number of hydrogen-bond donors (Lipinski definition) is 2. The van der Waals surface area contributed by atoms with Crippen LogP contribution in [-0.4, -0.2) is 23.5 Å². The lowest BCUT2D eigenvalue weighted by atomic mass is 9.85. The SMILES string of the molecule is CC(C)(CCCc1ccccc1)C(=O)NCCCCC(=O)O. The Morgan fingerprint density at radius 3 is 2.41 bits per heavy atom. The molecule has 0 bridgehead atoms. The first-order chi connectivity index (χ1) is 10.4. The Balaban J connectivity index is 2.23. The summed E-state index contributed by atoms with van der Waals surface area (Å²) < 4.78 is 0. The van der Waals surface area contributed by atoms with E-state index in [1.807, 2.05) is 32.0 Å². The molecular formula is C18H27NO3. The van der Waals surface area contributed by atoms with Gasteiger partial charge < -0.3 is 10.4 Å². The van der Waals surface area contributed by atoms with Crippen LogP contribution in [0.15, 0.2) is 30.3 Å². The first-order valence-electron chi connectivity index (χ1n) is 7.96. The van der Waals surface area contributed by atoms with Crippen LogP contribution in [0.1, 0.15) is 51.5 Å². The fourth-order valence-electron chi connectivity index (χ4n) is 2.34. The summed E-state index contributed by atoms with van der Waals surface area (Å²) in [6, 6.07) is 10.3. The predicted octanol–water partition coefficient (Wildman–Crippen LogP) is 3.41. The maximum Gasteiger partial charge on any atom is 0.303 e. The zero-order valence-electron chi connectivity index (χ0n) is 13.6. The highest BCUT2D eigenvalue weighted by Crippen LogP contribution is 2.23. The van der Waals surface area contributed by atoms with Gasteiger partial charge in [-0.1, -0.05) is 44.2 Å². The molecule has 0 radical (unpaired) electrons. The van der Waals surface area contributed by atoms with Gasteiger partial charge in [-0.3, -0.25) is 9.59 Å². The number of carbonyl (C=O) groups is 2. The van der Waals surface area contributed by atoms with Crippen molar-refractivity contribution < 1.29 is 14.7 Å². The van der Waals surface area contributed by atoms with E-state index in [0.717, 1.165) is 19.3 Å². The van der Waals surface area contributed by atoms with Gasteiger partial charge >= 0.3 is 5.97 Å². The second-order valence-electron chi connectivity index (χ2n) is 6.33. The van der Waals surface area contributed by atoms with Crippen LogP contribution in [0, 0.1) is 5.41 Å². The molecule has 1 rings (SSSR count). The van der Waals surface area contributed by atoms with Crippen molar-refractivity contribution in [1.29, 1.82) is 0 Å². The van der Waals surface area contributed by atoms with Gasteiger partial charge in [0.25, 0.3) is 0 Å². The lowest BCUT2D eigenvalue weighted by molar-refractivity contribution is -0.137. The molecule has 0 aliphatic rings. The molecule has 0 spiro atoms. The molecule has 0 heterocycles. The molecule has 1 amide bonds. The Bertz CT molecular complexity index is 468. The number of unbranched alkanes of at least 4 members (excludes halogenated alkanes) is 1. The molecule has 22 heavy (non-hydrogen) atoms. The van der Waals surface area contributed by atoms with Gasteiger partial charge in [0.05, 0.1) is 0 Å². The van der Waals surface area contributed by atoms with Crippen LogP contribution in [0.3, 0.4) is 0 Å². The van der Waals surface area contributed by atoms with Crippen LogP contribution < -0.4 is 5.32 Å². The quantitative estimate of drug-likeness (QED) is 0.651. The standard InChI is InChI=1S/C18H27NO3/c1-18(2,13-8-11-15-9-4-3-5-10-15)17(22)19-14-7-6-12-16(20)21/h3-5,9-10H,6-8,11-14H2,1-2H3,(H,19,22)(H,20,21). The molecule has 1 aromatic carbocycles. The molecule has 0 fully saturated rings. The summed E-state index contributed by atoms with van der Waals surface area (Å²) in [6.45, 7) is 4.48. The number of amides is 1. The molecular weight excluding hydrogens is 278 g/mol. The molecule has 0 unspecified atom stereocenters. The minimum atomic E-state index is -0.785. The van der Waals surface area contributed by atoms with Crippen molar-refractivity contribution in [3.63, 3.8) is 0 Å². The molecule has 2 N–H and O–H groups in total. The Morgan fingerprint density at radius 2 is 1.77 bits per heavy atom. The van der Waals surface area contributed by atoms with Gasteiger partial charge in [0, 0.05) is 18.4 Å². The number of aliphatic carboxylic acids is 1. The van der Waals surface area contributed by atoms with E-state index in [1.54, 1.807) is 0 Å². The van der Waals surface area contributed by atoms with Crippen LogP contribution >= 0.6 is 0 Å². The minimum Gasteiger partial charge on any atom is -0.481 e. The van der Waals surface area contributed by atoms with Crippen molar-refractivity contribution in [2.45, 2.75) is 52.4 Å². The third-order valence-electron chi connectivity index (χ3n) is 3.83. The lowest BCUT2D eigenvalue weighted by Crippen LogP contribution is -2.37. The first kappa shape index (κ1) is 18.2. The molecule has 4 nitrogen and oxygen atoms in total. The summed E-state index contributed by atoms with van der Waals surface area (Å²) in [6.07, 6.45) is 4.26. The second kappa shape index (κ2) is 9.23. The summed E-state index contributed by atoms with van der Waals surface area (Å²) >= 11 is 0. The summed E-state index contributed by atoms with van der Waals surface area (Å²) in [7, 11) is 0. The fourth-order valence-corrected chi connectivity index (χ4v) is 2.34. The highest BCUT2D eigenvalue weighted by molar-refractivity contribution is 5.81. The van der Waals surface area contributed by atoms with E-state index in [0.29, 0.717) is 19.4 Å². The Hall–Kier alpha value is -1.84. The fraction of sp³-hybridized carbons (Fsp3) is 0.556. The Kier molecular flexibility index (Phi) is 7.64. The summed E-state index contributed by atoms with van der Waals surface area (Å²) in [5.74, 6) is -0.733. The van der Waals surface area contributed by atoms with Crippen molar-refractivity contribution in [2.75, 3.05) is 6.54 Å². The molecule has 0 aliphatic carbocycles. The van der Waals surface area contributed by atoms with E-state index < -0.39 is 5.97 Å². The number of rotatable bonds is 10. The largest absolute Gasteiger partial charge is 0.481 e. The van der Waals surface area contributed by atoms with Crippen LogP contribution in [0.25, 0.3) is 0 Å². The molecule has 0 saturated carbocycles. The molecule has 0 saturated heterocycles. The van der Waals surface area contributed by atoms with Crippen molar-refractivity contribution in [3.8, 4) is 0 Å². The maximum atomic E-state index is 12.2. The average molecular weight is 305 g/mol. The molecule has 4 heteroatoms. The van der Waals surface area contributed by atoms with Crippen molar-refractivity contribution in [2.24, 2.45) is 5.41 Å². The average Bonchev–Trinajstić information content (AvgIpc) is 2.47. The highest BCUT2D eigenvalue weighted by Gasteiger charge is 2.26. The zero-order valence-corrected chi connectivity index (χ0v) is 13.6. The van der Waals surface area contributed by atoms with Gasteiger partial charge in [0.1, 0.15) is 0 Å². The summed E-state index contributed by atoms with van der Waals surface area (Å²) in [5, 5.41) is 11.5. The second-order valence-corrected chi connectivity index (χ2v) is 6.33. The monoisotopic (exact) mass is 305 g/mol. The van der Waals surface area contributed by atoms with E-state index in [1.165, 1.54) is 5.56 Å². The Labute approximate surface area is 132 Å². The van der Waals surface area contributed by atoms with Gasteiger partial charge in [-0.05, 0) is 37.7 Å². The topological polar surface area (TPSA) is 66.4 Å². The van der Waals surface area contributed by atoms with Crippen molar-refractivity contribution >= 4 is 11.9 Å². The lowest BCUT2D eigenvalue weighted by Gasteiger charge is -2.23. The van der Waals surface area contributed by atoms with Gasteiger partial charge in [-0.2, -0.15) is 0 Å². The molecule has 0 aromatic heterocycles. The number of carbonyl (C=O) groups excluding carboxylic acids is 1. The van der Waals surface area contributed by atoms with E-state index >= 15 is 0 Å². The third-order valence-corrected chi connectivity index (χ3v) is 3.83. The summed E-state index contributed by atoms with van der Waals surface area (Å²) in [5.41, 5.74) is 0.911. The zero-order chi connectivity index (χ0) is 16.4. The molecule has 0 aliphatic heterocycles. The van der Waals surface area contributed by atoms with Gasteiger partial charge in [0.15, 0.2) is 0 Å². The predicted molar refractivity (Wildman–Crippen MR) is 87.7 cm³/mol.